The van der Waals surface area contributed by atoms with Crippen molar-refractivity contribution in [3.8, 4) is 0 Å². The summed E-state index contributed by atoms with van der Waals surface area (Å²) in [6.07, 6.45) is 1.40. The van der Waals surface area contributed by atoms with Crippen LogP contribution in [0.15, 0.2) is 121 Å². The Hall–Kier alpha value is -5.32. The number of carbonyl (C=O) groups excluding carboxylic acids is 4. The summed E-state index contributed by atoms with van der Waals surface area (Å²) in [4.78, 5) is 55.1. The summed E-state index contributed by atoms with van der Waals surface area (Å²) < 4.78 is 38.6. The standard InChI is InChI=1S/C44H42O10/c45-39(32-13-5-1-6-14-32)49-28-44(54-43-24-29-21-30(25-43)23-31(22-29)26-43)38(53-42(48)35-19-11-4-12-20-35)37(52-41(47)34-17-9-3-10-18-34)36(27-50-44)51-40(46)33-15-7-2-8-16-33/h1-20,29-31,36-38H,21-28H2/t29?,30?,31?,36-,37-,38+,43?,44+/m1/s1. The highest BCUT2D eigenvalue weighted by Crippen LogP contribution is 2.58. The average Bonchev–Trinajstić information content (AvgIpc) is 3.19. The summed E-state index contributed by atoms with van der Waals surface area (Å²) in [5.41, 5.74) is 0.347. The molecule has 0 aromatic heterocycles. The van der Waals surface area contributed by atoms with E-state index >= 15 is 0 Å². The number of hydrogen-bond donors (Lipinski definition) is 0. The van der Waals surface area contributed by atoms with Crippen LogP contribution >= 0.6 is 0 Å². The van der Waals surface area contributed by atoms with Crippen molar-refractivity contribution in [1.29, 1.82) is 0 Å². The van der Waals surface area contributed by atoms with Gasteiger partial charge in [-0.1, -0.05) is 72.8 Å². The van der Waals surface area contributed by atoms with Gasteiger partial charge in [0.25, 0.3) is 0 Å². The SMILES string of the molecule is O=C(OC[C@@]1(OC23CC4CC(CC(C4)C2)C3)OC[C@@H](OC(=O)c2ccccc2)[C@@H](OC(=O)c2ccccc2)[C@@H]1OC(=O)c1ccccc1)c1ccccc1. The van der Waals surface area contributed by atoms with Gasteiger partial charge in [-0.15, -0.1) is 0 Å². The summed E-state index contributed by atoms with van der Waals surface area (Å²) in [7, 11) is 0. The third-order valence-electron chi connectivity index (χ3n) is 11.1. The number of benzene rings is 4. The van der Waals surface area contributed by atoms with E-state index in [9.17, 15) is 19.2 Å². The van der Waals surface area contributed by atoms with Crippen molar-refractivity contribution in [2.75, 3.05) is 13.2 Å². The highest BCUT2D eigenvalue weighted by atomic mass is 16.8. The summed E-state index contributed by atoms with van der Waals surface area (Å²) in [5.74, 6) is -3.42. The summed E-state index contributed by atoms with van der Waals surface area (Å²) in [6.45, 7) is -0.825. The maximum Gasteiger partial charge on any atom is 0.338 e. The first kappa shape index (κ1) is 35.7. The minimum absolute atomic E-state index is 0.221. The van der Waals surface area contributed by atoms with Gasteiger partial charge >= 0.3 is 23.9 Å². The molecular weight excluding hydrogens is 688 g/mol. The first-order chi connectivity index (χ1) is 26.3. The maximum absolute atomic E-state index is 14.1. The molecule has 0 spiro atoms. The smallest absolute Gasteiger partial charge is 0.338 e. The van der Waals surface area contributed by atoms with Gasteiger partial charge in [-0.2, -0.15) is 0 Å². The molecule has 4 aromatic rings. The fourth-order valence-electron chi connectivity index (χ4n) is 9.13. The predicted octanol–water partition coefficient (Wildman–Crippen LogP) is 7.23. The molecule has 4 atom stereocenters. The molecule has 1 aliphatic heterocycles. The van der Waals surface area contributed by atoms with E-state index in [0.717, 1.165) is 38.5 Å². The van der Waals surface area contributed by atoms with Gasteiger partial charge < -0.3 is 28.4 Å². The van der Waals surface area contributed by atoms with Gasteiger partial charge in [-0.25, -0.2) is 19.2 Å². The molecule has 0 amide bonds. The molecule has 1 saturated heterocycles. The third-order valence-corrected chi connectivity index (χ3v) is 11.1. The lowest BCUT2D eigenvalue weighted by Crippen LogP contribution is -2.70. The Kier molecular flexibility index (Phi) is 10.0. The Labute approximate surface area is 313 Å². The molecule has 278 valence electrons. The van der Waals surface area contributed by atoms with E-state index in [4.69, 9.17) is 28.4 Å². The third kappa shape index (κ3) is 7.54. The fraction of sp³-hybridized carbons (Fsp3) is 0.364. The van der Waals surface area contributed by atoms with E-state index in [1.54, 1.807) is 121 Å². The van der Waals surface area contributed by atoms with Crippen LogP contribution in [0, 0.1) is 17.8 Å². The van der Waals surface area contributed by atoms with Gasteiger partial charge in [0, 0.05) is 0 Å². The molecule has 4 aromatic carbocycles. The molecule has 9 rings (SSSR count). The van der Waals surface area contributed by atoms with Crippen molar-refractivity contribution >= 4 is 23.9 Å². The van der Waals surface area contributed by atoms with E-state index in [1.165, 1.54) is 0 Å². The molecule has 1 heterocycles. The van der Waals surface area contributed by atoms with Crippen LogP contribution < -0.4 is 0 Å². The van der Waals surface area contributed by atoms with Crippen molar-refractivity contribution in [2.45, 2.75) is 68.2 Å². The van der Waals surface area contributed by atoms with Crippen molar-refractivity contribution in [1.82, 2.24) is 0 Å². The van der Waals surface area contributed by atoms with E-state index in [0.29, 0.717) is 23.3 Å². The molecule has 0 radical (unpaired) electrons. The molecule has 5 aliphatic rings. The topological polar surface area (TPSA) is 124 Å². The second kappa shape index (κ2) is 15.2. The first-order valence-electron chi connectivity index (χ1n) is 18.6. The zero-order valence-corrected chi connectivity index (χ0v) is 29.8. The van der Waals surface area contributed by atoms with Crippen molar-refractivity contribution in [2.24, 2.45) is 17.8 Å². The van der Waals surface area contributed by atoms with Crippen LogP contribution in [0.2, 0.25) is 0 Å². The van der Waals surface area contributed by atoms with Crippen LogP contribution in [-0.2, 0) is 28.4 Å². The van der Waals surface area contributed by atoms with Gasteiger partial charge in [0.15, 0.2) is 18.3 Å². The Morgan fingerprint density at radius 3 is 1.41 bits per heavy atom. The van der Waals surface area contributed by atoms with Gasteiger partial charge in [0.2, 0.25) is 5.79 Å². The molecule has 54 heavy (non-hydrogen) atoms. The monoisotopic (exact) mass is 730 g/mol. The first-order valence-corrected chi connectivity index (χ1v) is 18.6. The molecule has 5 fully saturated rings. The lowest BCUT2D eigenvalue weighted by atomic mass is 9.54. The van der Waals surface area contributed by atoms with Crippen molar-refractivity contribution in [3.05, 3.63) is 144 Å². The van der Waals surface area contributed by atoms with Crippen LogP contribution in [0.25, 0.3) is 0 Å². The number of hydrogen-bond acceptors (Lipinski definition) is 10. The Bertz CT molecular complexity index is 1920. The highest BCUT2D eigenvalue weighted by molar-refractivity contribution is 5.91. The van der Waals surface area contributed by atoms with Gasteiger partial charge in [0.1, 0.15) is 6.61 Å². The van der Waals surface area contributed by atoms with E-state index in [1.807, 2.05) is 0 Å². The zero-order valence-electron chi connectivity index (χ0n) is 29.8. The summed E-state index contributed by atoms with van der Waals surface area (Å²) in [6, 6.07) is 33.6. The second-order valence-electron chi connectivity index (χ2n) is 15.0. The van der Waals surface area contributed by atoms with Crippen molar-refractivity contribution in [3.63, 3.8) is 0 Å². The minimum Gasteiger partial charge on any atom is -0.456 e. The van der Waals surface area contributed by atoms with Gasteiger partial charge in [-0.3, -0.25) is 0 Å². The molecule has 4 saturated carbocycles. The fourth-order valence-corrected chi connectivity index (χ4v) is 9.13. The largest absolute Gasteiger partial charge is 0.456 e. The Morgan fingerprint density at radius 2 is 0.944 bits per heavy atom. The summed E-state index contributed by atoms with van der Waals surface area (Å²) >= 11 is 0. The van der Waals surface area contributed by atoms with Crippen LogP contribution in [-0.4, -0.2) is 66.8 Å². The number of esters is 4. The number of ether oxygens (including phenoxy) is 6. The van der Waals surface area contributed by atoms with Crippen LogP contribution in [0.4, 0.5) is 0 Å². The second-order valence-corrected chi connectivity index (χ2v) is 15.0. The molecule has 10 heteroatoms. The lowest BCUT2D eigenvalue weighted by molar-refractivity contribution is -0.387. The normalized spacial score (nSPS) is 29.5. The lowest BCUT2D eigenvalue weighted by Gasteiger charge is -2.59. The predicted molar refractivity (Wildman–Crippen MR) is 194 cm³/mol. The number of rotatable bonds is 11. The minimum atomic E-state index is -1.96. The molecule has 4 aliphatic carbocycles. The van der Waals surface area contributed by atoms with E-state index < -0.39 is 60.2 Å². The molecule has 4 bridgehead atoms. The molecule has 10 nitrogen and oxygen atoms in total. The highest BCUT2D eigenvalue weighted by Gasteiger charge is 2.63. The molecule has 0 unspecified atom stereocenters. The van der Waals surface area contributed by atoms with Crippen LogP contribution in [0.1, 0.15) is 80.0 Å². The molecular formula is C44H42O10. The Balaban J connectivity index is 1.22. The number of carbonyl (C=O) groups is 4. The quantitative estimate of drug-likeness (QED) is 0.115. The van der Waals surface area contributed by atoms with E-state index in [2.05, 4.69) is 0 Å². The van der Waals surface area contributed by atoms with E-state index in [-0.39, 0.29) is 23.3 Å². The molecule has 0 N–H and O–H groups in total. The van der Waals surface area contributed by atoms with Crippen LogP contribution in [0.3, 0.4) is 0 Å². The summed E-state index contributed by atoms with van der Waals surface area (Å²) in [5, 5.41) is 0. The van der Waals surface area contributed by atoms with Crippen molar-refractivity contribution < 1.29 is 47.6 Å². The van der Waals surface area contributed by atoms with Gasteiger partial charge in [-0.05, 0) is 105 Å². The maximum atomic E-state index is 14.1. The Morgan fingerprint density at radius 1 is 0.537 bits per heavy atom. The van der Waals surface area contributed by atoms with Gasteiger partial charge in [0.05, 0.1) is 34.5 Å². The zero-order chi connectivity index (χ0) is 37.1. The van der Waals surface area contributed by atoms with Crippen LogP contribution in [0.5, 0.6) is 0 Å². The average molecular weight is 731 g/mol.